The minimum absolute atomic E-state index is 0.0142. The van der Waals surface area contributed by atoms with Crippen LogP contribution in [0.25, 0.3) is 0 Å². The fourth-order valence-corrected chi connectivity index (χ4v) is 3.56. The normalized spacial score (nSPS) is 20.6. The van der Waals surface area contributed by atoms with Crippen molar-refractivity contribution in [2.75, 3.05) is 31.2 Å². The lowest BCUT2D eigenvalue weighted by Gasteiger charge is -2.23. The van der Waals surface area contributed by atoms with Crippen LogP contribution in [0.3, 0.4) is 0 Å². The molecule has 2 saturated heterocycles. The zero-order valence-electron chi connectivity index (χ0n) is 15.0. The van der Waals surface area contributed by atoms with E-state index in [1.807, 2.05) is 12.3 Å². The lowest BCUT2D eigenvalue weighted by molar-refractivity contribution is 0.0845. The van der Waals surface area contributed by atoms with Crippen LogP contribution in [-0.4, -0.2) is 53.2 Å². The largest absolute Gasteiger partial charge is 0.381 e. The monoisotopic (exact) mass is 371 g/mol. The Kier molecular flexibility index (Phi) is 5.24. The van der Waals surface area contributed by atoms with Crippen molar-refractivity contribution in [1.29, 1.82) is 0 Å². The summed E-state index contributed by atoms with van der Waals surface area (Å²) in [5, 5.41) is 2.95. The maximum absolute atomic E-state index is 12.9. The van der Waals surface area contributed by atoms with Crippen molar-refractivity contribution >= 4 is 11.9 Å². The number of rotatable bonds is 4. The first-order valence-corrected chi connectivity index (χ1v) is 9.27. The summed E-state index contributed by atoms with van der Waals surface area (Å²) in [5.41, 5.74) is 1.28. The SMILES string of the molecule is O=C(NC1CCN(c2nccc(C3CCOCC3)n2)C1)c1ccc(F)cn1. The molecule has 4 heterocycles. The first kappa shape index (κ1) is 17.8. The highest BCUT2D eigenvalue weighted by Gasteiger charge is 2.27. The number of pyridine rings is 1. The van der Waals surface area contributed by atoms with Crippen LogP contribution in [-0.2, 0) is 4.74 Å². The predicted octanol–water partition coefficient (Wildman–Crippen LogP) is 1.91. The number of carbonyl (C=O) groups is 1. The van der Waals surface area contributed by atoms with Crippen LogP contribution < -0.4 is 10.2 Å². The number of hydrogen-bond donors (Lipinski definition) is 1. The second-order valence-corrected chi connectivity index (χ2v) is 6.93. The van der Waals surface area contributed by atoms with Crippen molar-refractivity contribution in [3.8, 4) is 0 Å². The Morgan fingerprint density at radius 2 is 2.04 bits per heavy atom. The molecular weight excluding hydrogens is 349 g/mol. The van der Waals surface area contributed by atoms with Gasteiger partial charge in [0.05, 0.1) is 6.20 Å². The summed E-state index contributed by atoms with van der Waals surface area (Å²) in [7, 11) is 0. The number of aromatic nitrogens is 3. The van der Waals surface area contributed by atoms with E-state index in [-0.39, 0.29) is 17.6 Å². The van der Waals surface area contributed by atoms with Gasteiger partial charge in [-0.25, -0.2) is 19.3 Å². The molecule has 142 valence electrons. The first-order chi connectivity index (χ1) is 13.2. The minimum Gasteiger partial charge on any atom is -0.381 e. The van der Waals surface area contributed by atoms with E-state index in [9.17, 15) is 9.18 Å². The highest BCUT2D eigenvalue weighted by molar-refractivity contribution is 5.92. The molecule has 2 aliphatic rings. The van der Waals surface area contributed by atoms with E-state index in [2.05, 4.69) is 20.2 Å². The van der Waals surface area contributed by atoms with Gasteiger partial charge in [-0.15, -0.1) is 0 Å². The van der Waals surface area contributed by atoms with Gasteiger partial charge in [-0.05, 0) is 37.5 Å². The molecule has 0 bridgehead atoms. The van der Waals surface area contributed by atoms with Crippen LogP contribution in [0, 0.1) is 5.82 Å². The summed E-state index contributed by atoms with van der Waals surface area (Å²) in [5.74, 6) is 0.373. The van der Waals surface area contributed by atoms with Gasteiger partial charge < -0.3 is 15.0 Å². The molecule has 27 heavy (non-hydrogen) atoms. The third-order valence-electron chi connectivity index (χ3n) is 5.07. The molecule has 0 aromatic carbocycles. The lowest BCUT2D eigenvalue weighted by Crippen LogP contribution is -2.37. The molecule has 2 fully saturated rings. The summed E-state index contributed by atoms with van der Waals surface area (Å²) in [6.45, 7) is 2.97. The molecular formula is C19H22FN5O2. The van der Waals surface area contributed by atoms with Crippen LogP contribution in [0.15, 0.2) is 30.6 Å². The minimum atomic E-state index is -0.458. The maximum Gasteiger partial charge on any atom is 0.270 e. The molecule has 1 amide bonds. The van der Waals surface area contributed by atoms with Gasteiger partial charge in [-0.1, -0.05) is 0 Å². The molecule has 1 unspecified atom stereocenters. The van der Waals surface area contributed by atoms with Crippen LogP contribution in [0.4, 0.5) is 10.3 Å². The fourth-order valence-electron chi connectivity index (χ4n) is 3.56. The van der Waals surface area contributed by atoms with Gasteiger partial charge in [0.25, 0.3) is 5.91 Å². The van der Waals surface area contributed by atoms with Gasteiger partial charge in [0.15, 0.2) is 0 Å². The number of ether oxygens (including phenoxy) is 1. The van der Waals surface area contributed by atoms with Gasteiger partial charge in [0.1, 0.15) is 11.5 Å². The summed E-state index contributed by atoms with van der Waals surface area (Å²) >= 11 is 0. The predicted molar refractivity (Wildman–Crippen MR) is 97.1 cm³/mol. The number of anilines is 1. The second kappa shape index (κ2) is 7.96. The van der Waals surface area contributed by atoms with Gasteiger partial charge in [-0.2, -0.15) is 0 Å². The van der Waals surface area contributed by atoms with Gasteiger partial charge in [-0.3, -0.25) is 4.79 Å². The van der Waals surface area contributed by atoms with Crippen LogP contribution in [0.2, 0.25) is 0 Å². The average molecular weight is 371 g/mol. The zero-order valence-corrected chi connectivity index (χ0v) is 15.0. The highest BCUT2D eigenvalue weighted by Crippen LogP contribution is 2.26. The Morgan fingerprint density at radius 3 is 2.81 bits per heavy atom. The lowest BCUT2D eigenvalue weighted by atomic mass is 9.96. The second-order valence-electron chi connectivity index (χ2n) is 6.93. The van der Waals surface area contributed by atoms with Crippen LogP contribution in [0.1, 0.15) is 41.4 Å². The van der Waals surface area contributed by atoms with E-state index in [0.717, 1.165) is 50.9 Å². The van der Waals surface area contributed by atoms with Crippen molar-refractivity contribution in [1.82, 2.24) is 20.3 Å². The number of halogens is 1. The molecule has 2 aliphatic heterocycles. The summed E-state index contributed by atoms with van der Waals surface area (Å²) in [6, 6.07) is 4.59. The summed E-state index contributed by atoms with van der Waals surface area (Å²) < 4.78 is 18.4. The van der Waals surface area contributed by atoms with Gasteiger partial charge in [0.2, 0.25) is 5.95 Å². The smallest absolute Gasteiger partial charge is 0.270 e. The van der Waals surface area contributed by atoms with Crippen LogP contribution in [0.5, 0.6) is 0 Å². The van der Waals surface area contributed by atoms with E-state index >= 15 is 0 Å². The molecule has 0 saturated carbocycles. The molecule has 2 aromatic rings. The maximum atomic E-state index is 12.9. The van der Waals surface area contributed by atoms with E-state index in [1.54, 1.807) is 0 Å². The van der Waals surface area contributed by atoms with Crippen molar-refractivity contribution in [2.45, 2.75) is 31.2 Å². The number of hydrogen-bond acceptors (Lipinski definition) is 6. The molecule has 0 spiro atoms. The van der Waals surface area contributed by atoms with Crippen molar-refractivity contribution in [3.05, 3.63) is 47.8 Å². The number of nitrogens with zero attached hydrogens (tertiary/aromatic N) is 4. The zero-order chi connectivity index (χ0) is 18.6. The molecule has 1 atom stereocenters. The highest BCUT2D eigenvalue weighted by atomic mass is 19.1. The van der Waals surface area contributed by atoms with Crippen molar-refractivity contribution in [3.63, 3.8) is 0 Å². The van der Waals surface area contributed by atoms with Gasteiger partial charge in [0, 0.05) is 50.2 Å². The van der Waals surface area contributed by atoms with E-state index in [4.69, 9.17) is 9.72 Å². The average Bonchev–Trinajstić information content (AvgIpc) is 3.18. The van der Waals surface area contributed by atoms with E-state index in [0.29, 0.717) is 18.4 Å². The third kappa shape index (κ3) is 4.21. The Hall–Kier alpha value is -2.61. The van der Waals surface area contributed by atoms with Crippen molar-refractivity contribution in [2.24, 2.45) is 0 Å². The number of carbonyl (C=O) groups excluding carboxylic acids is 1. The molecule has 2 aromatic heterocycles. The Balaban J connectivity index is 1.37. The Labute approximate surface area is 157 Å². The number of nitrogens with one attached hydrogen (secondary N) is 1. The molecule has 0 aliphatic carbocycles. The fraction of sp³-hybridized carbons (Fsp3) is 0.474. The standard InChI is InChI=1S/C19H22FN5O2/c20-14-1-2-17(22-11-14)18(26)23-15-4-8-25(12-15)19-21-7-3-16(24-19)13-5-9-27-10-6-13/h1-3,7,11,13,15H,4-6,8-10,12H2,(H,23,26). The topological polar surface area (TPSA) is 80.2 Å². The molecule has 4 rings (SSSR count). The van der Waals surface area contributed by atoms with E-state index < -0.39 is 5.82 Å². The van der Waals surface area contributed by atoms with Crippen LogP contribution >= 0.6 is 0 Å². The first-order valence-electron chi connectivity index (χ1n) is 9.27. The third-order valence-corrected chi connectivity index (χ3v) is 5.07. The molecule has 8 heteroatoms. The summed E-state index contributed by atoms with van der Waals surface area (Å²) in [4.78, 5) is 27.3. The van der Waals surface area contributed by atoms with Gasteiger partial charge >= 0.3 is 0 Å². The quantitative estimate of drug-likeness (QED) is 0.884. The molecule has 1 N–H and O–H groups in total. The molecule has 0 radical (unpaired) electrons. The molecule has 7 nitrogen and oxygen atoms in total. The Bertz CT molecular complexity index is 795. The summed E-state index contributed by atoms with van der Waals surface area (Å²) in [6.07, 6.45) is 5.63. The Morgan fingerprint density at radius 1 is 1.19 bits per heavy atom. The number of amides is 1. The van der Waals surface area contributed by atoms with E-state index in [1.165, 1.54) is 12.1 Å². The van der Waals surface area contributed by atoms with Crippen molar-refractivity contribution < 1.29 is 13.9 Å².